The molecule has 0 aromatic carbocycles. The Balaban J connectivity index is 1.95. The molecule has 1 fully saturated rings. The molecule has 4 nitrogen and oxygen atoms in total. The van der Waals surface area contributed by atoms with Gasteiger partial charge in [-0.05, 0) is 30.4 Å². The standard InChI is InChI=1S/C19H25NO3/c1-12-8-13(2)19(10-22-15(4)21)11-23-18(17(12)14(19)3)16-6-5-7-20-9-16/h5-9,13-14,17-18H,10-11H2,1-4H3/t13-,14+,17-,18+,19-/m0/s1. The molecule has 3 rings (SSSR count). The van der Waals surface area contributed by atoms with Gasteiger partial charge in [0.25, 0.3) is 0 Å². The average Bonchev–Trinajstić information content (AvgIpc) is 2.52. The van der Waals surface area contributed by atoms with Crippen LogP contribution in [0.25, 0.3) is 0 Å². The monoisotopic (exact) mass is 315 g/mol. The van der Waals surface area contributed by atoms with Crippen LogP contribution in [0.2, 0.25) is 0 Å². The van der Waals surface area contributed by atoms with E-state index in [1.807, 2.05) is 12.3 Å². The Morgan fingerprint density at radius 1 is 1.48 bits per heavy atom. The van der Waals surface area contributed by atoms with Gasteiger partial charge in [-0.3, -0.25) is 9.78 Å². The Bertz CT molecular complexity index is 612. The maximum absolute atomic E-state index is 11.3. The minimum Gasteiger partial charge on any atom is -0.465 e. The van der Waals surface area contributed by atoms with Gasteiger partial charge in [-0.25, -0.2) is 0 Å². The lowest BCUT2D eigenvalue weighted by Gasteiger charge is -2.55. The summed E-state index contributed by atoms with van der Waals surface area (Å²) in [5.41, 5.74) is 2.33. The molecule has 0 radical (unpaired) electrons. The van der Waals surface area contributed by atoms with Gasteiger partial charge in [-0.1, -0.05) is 31.6 Å². The molecular formula is C19H25NO3. The van der Waals surface area contributed by atoms with Crippen molar-refractivity contribution in [2.24, 2.45) is 23.2 Å². The fraction of sp³-hybridized carbons (Fsp3) is 0.579. The van der Waals surface area contributed by atoms with Gasteiger partial charge in [0.15, 0.2) is 0 Å². The van der Waals surface area contributed by atoms with Crippen molar-refractivity contribution in [3.63, 3.8) is 0 Å². The van der Waals surface area contributed by atoms with Crippen LogP contribution < -0.4 is 0 Å². The zero-order chi connectivity index (χ0) is 16.6. The second-order valence-electron chi connectivity index (χ2n) is 7.05. The quantitative estimate of drug-likeness (QED) is 0.632. The van der Waals surface area contributed by atoms with Crippen molar-refractivity contribution in [2.45, 2.75) is 33.8 Å². The minimum absolute atomic E-state index is 0.0212. The molecule has 2 bridgehead atoms. The molecule has 124 valence electrons. The largest absolute Gasteiger partial charge is 0.465 e. The summed E-state index contributed by atoms with van der Waals surface area (Å²) < 4.78 is 11.7. The Labute approximate surface area is 137 Å². The smallest absolute Gasteiger partial charge is 0.302 e. The van der Waals surface area contributed by atoms with E-state index < -0.39 is 0 Å². The molecule has 2 heterocycles. The van der Waals surface area contributed by atoms with Crippen LogP contribution in [0.4, 0.5) is 0 Å². The molecular weight excluding hydrogens is 290 g/mol. The molecule has 0 amide bonds. The van der Waals surface area contributed by atoms with Gasteiger partial charge in [0.05, 0.1) is 19.3 Å². The molecule has 1 aromatic heterocycles. The fourth-order valence-corrected chi connectivity index (χ4v) is 4.34. The molecule has 1 saturated heterocycles. The van der Waals surface area contributed by atoms with Crippen molar-refractivity contribution >= 4 is 5.97 Å². The van der Waals surface area contributed by atoms with Gasteiger partial charge in [0.2, 0.25) is 0 Å². The van der Waals surface area contributed by atoms with Crippen LogP contribution in [0.15, 0.2) is 36.2 Å². The molecule has 23 heavy (non-hydrogen) atoms. The van der Waals surface area contributed by atoms with Gasteiger partial charge >= 0.3 is 5.97 Å². The molecule has 0 unspecified atom stereocenters. The Morgan fingerprint density at radius 3 is 2.91 bits per heavy atom. The van der Waals surface area contributed by atoms with E-state index in [1.165, 1.54) is 12.5 Å². The van der Waals surface area contributed by atoms with Gasteiger partial charge in [0, 0.05) is 30.7 Å². The van der Waals surface area contributed by atoms with Crippen LogP contribution >= 0.6 is 0 Å². The summed E-state index contributed by atoms with van der Waals surface area (Å²) >= 11 is 0. The van der Waals surface area contributed by atoms with Crippen LogP contribution in [-0.2, 0) is 14.3 Å². The molecule has 1 aliphatic carbocycles. The van der Waals surface area contributed by atoms with Crippen molar-refractivity contribution < 1.29 is 14.3 Å². The summed E-state index contributed by atoms with van der Waals surface area (Å²) in [6.45, 7) is 9.15. The summed E-state index contributed by atoms with van der Waals surface area (Å²) in [5.74, 6) is 0.763. The first-order valence-corrected chi connectivity index (χ1v) is 8.29. The number of fused-ring (bicyclic) bond motifs is 2. The first kappa shape index (κ1) is 16.2. The third-order valence-corrected chi connectivity index (χ3v) is 5.81. The van der Waals surface area contributed by atoms with Crippen molar-refractivity contribution in [3.05, 3.63) is 41.7 Å². The third-order valence-electron chi connectivity index (χ3n) is 5.81. The number of rotatable bonds is 3. The number of esters is 1. The summed E-state index contributed by atoms with van der Waals surface area (Å²) in [4.78, 5) is 15.6. The topological polar surface area (TPSA) is 48.4 Å². The maximum atomic E-state index is 11.3. The van der Waals surface area contributed by atoms with Crippen LogP contribution in [0.3, 0.4) is 0 Å². The molecule has 2 aliphatic rings. The van der Waals surface area contributed by atoms with Gasteiger partial charge < -0.3 is 9.47 Å². The Hall–Kier alpha value is -1.68. The number of hydrogen-bond acceptors (Lipinski definition) is 4. The van der Waals surface area contributed by atoms with Gasteiger partial charge in [-0.15, -0.1) is 0 Å². The van der Waals surface area contributed by atoms with Crippen LogP contribution in [0, 0.1) is 23.2 Å². The lowest BCUT2D eigenvalue weighted by atomic mass is 9.56. The number of carbonyl (C=O) groups is 1. The SMILES string of the molecule is CC(=O)OC[C@]12CO[C@H](c3cccnc3)[C@@H](C(C)=C[C@@H]1C)[C@H]2C. The van der Waals surface area contributed by atoms with E-state index in [2.05, 4.69) is 37.9 Å². The summed E-state index contributed by atoms with van der Waals surface area (Å²) in [6, 6.07) is 4.03. The van der Waals surface area contributed by atoms with Crippen molar-refractivity contribution in [1.29, 1.82) is 0 Å². The number of ether oxygens (including phenoxy) is 2. The summed E-state index contributed by atoms with van der Waals surface area (Å²) in [7, 11) is 0. The fourth-order valence-electron chi connectivity index (χ4n) is 4.34. The predicted molar refractivity (Wildman–Crippen MR) is 87.6 cm³/mol. The van der Waals surface area contributed by atoms with Gasteiger partial charge in [-0.2, -0.15) is 0 Å². The summed E-state index contributed by atoms with van der Waals surface area (Å²) in [6.07, 6.45) is 6.03. The third kappa shape index (κ3) is 2.69. The second-order valence-corrected chi connectivity index (χ2v) is 7.05. The minimum atomic E-state index is -0.226. The average molecular weight is 315 g/mol. The van der Waals surface area contributed by atoms with E-state index in [0.29, 0.717) is 31.0 Å². The van der Waals surface area contributed by atoms with E-state index in [9.17, 15) is 4.79 Å². The second kappa shape index (κ2) is 6.08. The van der Waals surface area contributed by atoms with E-state index >= 15 is 0 Å². The highest BCUT2D eigenvalue weighted by Gasteiger charge is 2.54. The first-order chi connectivity index (χ1) is 11.0. The maximum Gasteiger partial charge on any atom is 0.302 e. The number of pyridine rings is 1. The highest BCUT2D eigenvalue weighted by atomic mass is 16.5. The molecule has 0 spiro atoms. The van der Waals surface area contributed by atoms with E-state index in [0.717, 1.165) is 5.56 Å². The Morgan fingerprint density at radius 2 is 2.26 bits per heavy atom. The molecule has 1 aliphatic heterocycles. The zero-order valence-electron chi connectivity index (χ0n) is 14.3. The van der Waals surface area contributed by atoms with Crippen LogP contribution in [0.5, 0.6) is 0 Å². The Kier molecular flexibility index (Phi) is 4.28. The van der Waals surface area contributed by atoms with Gasteiger partial charge in [0.1, 0.15) is 0 Å². The van der Waals surface area contributed by atoms with E-state index in [1.54, 1.807) is 6.20 Å². The number of carbonyl (C=O) groups excluding carboxylic acids is 1. The number of nitrogens with zero attached hydrogens (tertiary/aromatic N) is 1. The molecule has 0 N–H and O–H groups in total. The molecule has 1 aromatic rings. The van der Waals surface area contributed by atoms with E-state index in [4.69, 9.17) is 9.47 Å². The van der Waals surface area contributed by atoms with E-state index in [-0.39, 0.29) is 17.5 Å². The lowest BCUT2D eigenvalue weighted by molar-refractivity contribution is -0.180. The summed E-state index contributed by atoms with van der Waals surface area (Å²) in [5, 5.41) is 0. The normalized spacial score (nSPS) is 36.3. The first-order valence-electron chi connectivity index (χ1n) is 8.29. The lowest BCUT2D eigenvalue weighted by Crippen LogP contribution is -2.54. The zero-order valence-corrected chi connectivity index (χ0v) is 14.3. The molecule has 4 heteroatoms. The predicted octanol–water partition coefficient (Wildman–Crippen LogP) is 3.55. The number of aromatic nitrogens is 1. The number of allylic oxidation sites excluding steroid dienone is 1. The van der Waals surface area contributed by atoms with Crippen molar-refractivity contribution in [2.75, 3.05) is 13.2 Å². The van der Waals surface area contributed by atoms with Crippen LogP contribution in [0.1, 0.15) is 39.4 Å². The van der Waals surface area contributed by atoms with Crippen molar-refractivity contribution in [1.82, 2.24) is 4.98 Å². The highest BCUT2D eigenvalue weighted by molar-refractivity contribution is 5.66. The number of hydrogen-bond donors (Lipinski definition) is 0. The molecule has 5 atom stereocenters. The molecule has 0 saturated carbocycles. The van der Waals surface area contributed by atoms with Crippen molar-refractivity contribution in [3.8, 4) is 0 Å². The highest BCUT2D eigenvalue weighted by Crippen LogP contribution is 2.56. The van der Waals surface area contributed by atoms with Crippen LogP contribution in [-0.4, -0.2) is 24.2 Å².